The zero-order chi connectivity index (χ0) is 27.9. The Balaban J connectivity index is 1.67. The predicted octanol–water partition coefficient (Wildman–Crippen LogP) is 4.75. The van der Waals surface area contributed by atoms with Gasteiger partial charge in [0.2, 0.25) is 10.0 Å². The lowest BCUT2D eigenvalue weighted by atomic mass is 9.96. The van der Waals surface area contributed by atoms with E-state index in [-0.39, 0.29) is 17.8 Å². The molecule has 3 heterocycles. The molecule has 9 nitrogen and oxygen atoms in total. The fourth-order valence-corrected chi connectivity index (χ4v) is 6.09. The highest BCUT2D eigenvalue weighted by molar-refractivity contribution is 7.92. The second-order valence-corrected chi connectivity index (χ2v) is 11.5. The Bertz CT molecular complexity index is 1650. The van der Waals surface area contributed by atoms with Gasteiger partial charge in [-0.3, -0.25) is 9.71 Å². The van der Waals surface area contributed by atoms with Gasteiger partial charge in [0.15, 0.2) is 5.11 Å². The molecular weight excluding hydrogens is 534 g/mol. The maximum Gasteiger partial charge on any atom is 0.229 e. The number of nitrogens with one attached hydrogen (secondary N) is 2. The lowest BCUT2D eigenvalue weighted by Gasteiger charge is -2.29. The van der Waals surface area contributed by atoms with Crippen LogP contribution in [0.15, 0.2) is 72.9 Å². The molecule has 2 unspecified atom stereocenters. The number of thiocarbonyl (C=S) groups is 1. The number of rotatable bonds is 7. The normalized spacial score (nSPS) is 17.2. The third-order valence-corrected chi connectivity index (χ3v) is 7.67. The van der Waals surface area contributed by atoms with Crippen LogP contribution in [0.5, 0.6) is 11.5 Å². The van der Waals surface area contributed by atoms with Gasteiger partial charge in [-0.25, -0.2) is 8.42 Å². The molecule has 1 fully saturated rings. The van der Waals surface area contributed by atoms with Gasteiger partial charge >= 0.3 is 0 Å². The number of phenols is 1. The minimum Gasteiger partial charge on any atom is -0.506 e. The molecule has 1 saturated heterocycles. The van der Waals surface area contributed by atoms with E-state index >= 15 is 0 Å². The zero-order valence-electron chi connectivity index (χ0n) is 21.9. The van der Waals surface area contributed by atoms with Gasteiger partial charge in [-0.2, -0.15) is 0 Å². The fraction of sp³-hybridized carbons (Fsp3) is 0.214. The van der Waals surface area contributed by atoms with E-state index in [1.165, 1.54) is 7.11 Å². The van der Waals surface area contributed by atoms with Crippen molar-refractivity contribution in [2.45, 2.75) is 25.9 Å². The number of hydrogen-bond donors (Lipinski definition) is 3. The first kappa shape index (κ1) is 26.5. The summed E-state index contributed by atoms with van der Waals surface area (Å²) in [7, 11) is -2.01. The number of hydrogen-bond acceptors (Lipinski definition) is 6. The molecule has 0 bridgehead atoms. The first-order valence-corrected chi connectivity index (χ1v) is 14.5. The van der Waals surface area contributed by atoms with Gasteiger partial charge in [0.25, 0.3) is 0 Å². The molecule has 2 aromatic carbocycles. The van der Waals surface area contributed by atoms with Crippen LogP contribution in [0.1, 0.15) is 34.7 Å². The van der Waals surface area contributed by atoms with E-state index in [0.717, 1.165) is 34.6 Å². The largest absolute Gasteiger partial charge is 0.506 e. The molecule has 2 aromatic heterocycles. The Morgan fingerprint density at radius 2 is 1.82 bits per heavy atom. The third-order valence-electron chi connectivity index (χ3n) is 6.77. The van der Waals surface area contributed by atoms with E-state index in [0.29, 0.717) is 22.2 Å². The Morgan fingerprint density at radius 1 is 1.08 bits per heavy atom. The minimum atomic E-state index is -3.50. The van der Waals surface area contributed by atoms with Crippen molar-refractivity contribution in [3.05, 3.63) is 95.6 Å². The zero-order valence-corrected chi connectivity index (χ0v) is 23.5. The quantitative estimate of drug-likeness (QED) is 0.277. The van der Waals surface area contributed by atoms with E-state index in [2.05, 4.69) is 21.1 Å². The molecule has 1 aliphatic heterocycles. The second kappa shape index (κ2) is 10.2. The Hall–Kier alpha value is -4.09. The van der Waals surface area contributed by atoms with Crippen LogP contribution in [0.25, 0.3) is 5.69 Å². The van der Waals surface area contributed by atoms with Crippen LogP contribution in [0.4, 0.5) is 11.4 Å². The lowest BCUT2D eigenvalue weighted by Crippen LogP contribution is -2.29. The number of aromatic nitrogens is 2. The van der Waals surface area contributed by atoms with Crippen LogP contribution in [0.3, 0.4) is 0 Å². The number of ether oxygens (including phenoxy) is 1. The van der Waals surface area contributed by atoms with Gasteiger partial charge in [0, 0.05) is 29.3 Å². The molecule has 4 aromatic rings. The first-order valence-electron chi connectivity index (χ1n) is 12.2. The molecular formula is C28H29N5O4S2. The summed E-state index contributed by atoms with van der Waals surface area (Å²) in [6.45, 7) is 4.02. The van der Waals surface area contributed by atoms with Crippen molar-refractivity contribution in [3.63, 3.8) is 0 Å². The monoisotopic (exact) mass is 563 g/mol. The molecule has 0 aliphatic carbocycles. The van der Waals surface area contributed by atoms with Gasteiger partial charge in [0.05, 0.1) is 42.5 Å². The number of anilines is 2. The predicted molar refractivity (Wildman–Crippen MR) is 156 cm³/mol. The van der Waals surface area contributed by atoms with Crippen LogP contribution in [0.2, 0.25) is 0 Å². The highest BCUT2D eigenvalue weighted by atomic mass is 32.2. The van der Waals surface area contributed by atoms with E-state index in [1.54, 1.807) is 36.5 Å². The molecule has 0 amide bonds. The number of sulfonamides is 1. The highest BCUT2D eigenvalue weighted by Gasteiger charge is 2.42. The molecule has 1 aliphatic rings. The number of phenolic OH excluding ortho intramolecular Hbond substituents is 1. The smallest absolute Gasteiger partial charge is 0.229 e. The molecule has 0 radical (unpaired) electrons. The average Bonchev–Trinajstić information content (AvgIpc) is 3.39. The van der Waals surface area contributed by atoms with Crippen LogP contribution >= 0.6 is 12.2 Å². The minimum absolute atomic E-state index is 0.183. The van der Waals surface area contributed by atoms with E-state index in [9.17, 15) is 13.5 Å². The van der Waals surface area contributed by atoms with Gasteiger partial charge in [-0.05, 0) is 74.1 Å². The van der Waals surface area contributed by atoms with E-state index in [1.807, 2.05) is 53.6 Å². The Kier molecular flexibility index (Phi) is 6.96. The summed E-state index contributed by atoms with van der Waals surface area (Å²) in [4.78, 5) is 6.62. The maximum absolute atomic E-state index is 11.9. The van der Waals surface area contributed by atoms with Crippen LogP contribution < -0.4 is 19.7 Å². The lowest BCUT2D eigenvalue weighted by molar-refractivity contribution is 0.417. The summed E-state index contributed by atoms with van der Waals surface area (Å²) in [5.41, 5.74) is 5.45. The molecule has 5 rings (SSSR count). The SMILES string of the molecule is COc1cc(N2C(=S)NC(c3ccccn3)C2c2cc(C)n(-c3ccccc3O)c2C)ccc1NS(C)(=O)=O. The summed E-state index contributed by atoms with van der Waals surface area (Å²) in [5.74, 6) is 0.545. The van der Waals surface area contributed by atoms with Gasteiger partial charge in [0.1, 0.15) is 11.5 Å². The number of nitrogens with zero attached hydrogens (tertiary/aromatic N) is 3. The Labute approximate surface area is 233 Å². The van der Waals surface area contributed by atoms with Crippen molar-refractivity contribution < 1.29 is 18.3 Å². The fourth-order valence-electron chi connectivity index (χ4n) is 5.17. The molecule has 39 heavy (non-hydrogen) atoms. The van der Waals surface area contributed by atoms with Crippen molar-refractivity contribution in [1.82, 2.24) is 14.9 Å². The topological polar surface area (TPSA) is 109 Å². The van der Waals surface area contributed by atoms with Crippen molar-refractivity contribution in [3.8, 4) is 17.2 Å². The molecule has 202 valence electrons. The van der Waals surface area contributed by atoms with Crippen molar-refractivity contribution in [1.29, 1.82) is 0 Å². The van der Waals surface area contributed by atoms with Gasteiger partial charge < -0.3 is 24.6 Å². The van der Waals surface area contributed by atoms with E-state index in [4.69, 9.17) is 17.0 Å². The van der Waals surface area contributed by atoms with Crippen molar-refractivity contribution in [2.24, 2.45) is 0 Å². The van der Waals surface area contributed by atoms with Crippen LogP contribution in [-0.2, 0) is 10.0 Å². The number of aryl methyl sites for hydroxylation is 1. The van der Waals surface area contributed by atoms with E-state index < -0.39 is 10.0 Å². The third kappa shape index (κ3) is 5.02. The number of para-hydroxylation sites is 2. The summed E-state index contributed by atoms with van der Waals surface area (Å²) in [6, 6.07) is 19.7. The van der Waals surface area contributed by atoms with Gasteiger partial charge in [-0.1, -0.05) is 18.2 Å². The van der Waals surface area contributed by atoms with Crippen molar-refractivity contribution >= 4 is 38.7 Å². The van der Waals surface area contributed by atoms with Crippen LogP contribution in [-0.4, -0.2) is 41.6 Å². The summed E-state index contributed by atoms with van der Waals surface area (Å²) in [5, 5.41) is 14.6. The molecule has 3 N–H and O–H groups in total. The average molecular weight is 564 g/mol. The van der Waals surface area contributed by atoms with Crippen LogP contribution in [0, 0.1) is 13.8 Å². The Morgan fingerprint density at radius 3 is 2.49 bits per heavy atom. The summed E-state index contributed by atoms with van der Waals surface area (Å²) in [6.07, 6.45) is 2.84. The van der Waals surface area contributed by atoms with Crippen molar-refractivity contribution in [2.75, 3.05) is 23.0 Å². The first-order chi connectivity index (χ1) is 18.6. The molecule has 0 spiro atoms. The number of methoxy groups -OCH3 is 1. The number of aromatic hydroxyl groups is 1. The highest BCUT2D eigenvalue weighted by Crippen LogP contribution is 2.45. The maximum atomic E-state index is 11.9. The molecule has 2 atom stereocenters. The second-order valence-electron chi connectivity index (χ2n) is 9.41. The summed E-state index contributed by atoms with van der Waals surface area (Å²) >= 11 is 5.86. The molecule has 0 saturated carbocycles. The molecule has 11 heteroatoms. The standard InChI is InChI=1S/C28H29N5O4S2/c1-17-15-20(18(2)32(17)23-10-5-6-11-24(23)34)27-26(22-9-7-8-14-29-22)30-28(38)33(27)19-12-13-21(25(16-19)37-3)31-39(4,35)36/h5-16,26-27,31,34H,1-4H3,(H,30,38). The number of benzene rings is 2. The van der Waals surface area contributed by atoms with Gasteiger partial charge in [-0.15, -0.1) is 0 Å². The summed E-state index contributed by atoms with van der Waals surface area (Å²) < 4.78 is 33.8. The number of pyridine rings is 1.